The summed E-state index contributed by atoms with van der Waals surface area (Å²) < 4.78 is 14.0. The number of imide groups is 1. The minimum atomic E-state index is -0.600. The number of halogens is 1. The molecule has 0 saturated carbocycles. The van der Waals surface area contributed by atoms with Gasteiger partial charge in [0.2, 0.25) is 5.91 Å². The quantitative estimate of drug-likeness (QED) is 0.618. The molecule has 18 heavy (non-hydrogen) atoms. The number of carbonyl (C=O) groups is 2. The number of nitrogens with one attached hydrogen (secondary N) is 1. The van der Waals surface area contributed by atoms with Crippen LogP contribution in [0.15, 0.2) is 18.2 Å². The molecule has 1 aliphatic rings. The van der Waals surface area contributed by atoms with Gasteiger partial charge in [0, 0.05) is 11.1 Å². The van der Waals surface area contributed by atoms with Crippen molar-refractivity contribution in [2.24, 2.45) is 5.73 Å². The Balaban J connectivity index is 2.30. The summed E-state index contributed by atoms with van der Waals surface area (Å²) in [5.41, 5.74) is 5.68. The Hall–Kier alpha value is -2.02. The molecule has 0 aliphatic carbocycles. The molecule has 1 fully saturated rings. The lowest BCUT2D eigenvalue weighted by molar-refractivity contribution is -0.125. The van der Waals surface area contributed by atoms with Gasteiger partial charge >= 0.3 is 6.03 Å². The molecule has 0 bridgehead atoms. The van der Waals surface area contributed by atoms with Crippen molar-refractivity contribution in [3.8, 4) is 0 Å². The molecule has 0 atom stereocenters. The summed E-state index contributed by atoms with van der Waals surface area (Å²) in [5, 5.41) is 2.36. The standard InChI is InChI=1S/C11H10FN3O2S/c12-9-6(2-1-3-7(9)10(13)18)5-15-8(16)4-14-11(15)17/h1-3H,4-5H2,(H2,13,18)(H,14,17). The third-order valence-electron chi connectivity index (χ3n) is 2.61. The zero-order valence-corrected chi connectivity index (χ0v) is 10.1. The first-order valence-corrected chi connectivity index (χ1v) is 5.57. The van der Waals surface area contributed by atoms with Gasteiger partial charge in [0.15, 0.2) is 0 Å². The summed E-state index contributed by atoms with van der Waals surface area (Å²) in [6.07, 6.45) is 0. The normalized spacial score (nSPS) is 14.8. The van der Waals surface area contributed by atoms with E-state index in [4.69, 9.17) is 18.0 Å². The maximum absolute atomic E-state index is 14.0. The third-order valence-corrected chi connectivity index (χ3v) is 2.83. The Morgan fingerprint density at radius 3 is 2.78 bits per heavy atom. The molecule has 94 valence electrons. The van der Waals surface area contributed by atoms with Crippen molar-refractivity contribution in [3.63, 3.8) is 0 Å². The second kappa shape index (κ2) is 4.69. The molecule has 1 aromatic carbocycles. The van der Waals surface area contributed by atoms with E-state index >= 15 is 0 Å². The summed E-state index contributed by atoms with van der Waals surface area (Å²) in [6, 6.07) is 3.98. The molecular weight excluding hydrogens is 257 g/mol. The minimum Gasteiger partial charge on any atom is -0.389 e. The number of rotatable bonds is 3. The fourth-order valence-corrected chi connectivity index (χ4v) is 1.84. The van der Waals surface area contributed by atoms with E-state index in [0.29, 0.717) is 0 Å². The molecule has 3 N–H and O–H groups in total. The summed E-state index contributed by atoms with van der Waals surface area (Å²) >= 11 is 4.72. The van der Waals surface area contributed by atoms with Gasteiger partial charge in [-0.2, -0.15) is 0 Å². The van der Waals surface area contributed by atoms with Crippen LogP contribution in [-0.2, 0) is 11.3 Å². The van der Waals surface area contributed by atoms with Gasteiger partial charge in [-0.05, 0) is 6.07 Å². The van der Waals surface area contributed by atoms with Crippen molar-refractivity contribution < 1.29 is 14.0 Å². The maximum atomic E-state index is 14.0. The lowest BCUT2D eigenvalue weighted by Gasteiger charge is -2.14. The first kappa shape index (κ1) is 12.4. The van der Waals surface area contributed by atoms with Crippen LogP contribution in [0.1, 0.15) is 11.1 Å². The van der Waals surface area contributed by atoms with E-state index in [1.165, 1.54) is 12.1 Å². The Bertz CT molecular complexity index is 531. The fourth-order valence-electron chi connectivity index (χ4n) is 1.68. The number of nitrogens with zero attached hydrogens (tertiary/aromatic N) is 1. The van der Waals surface area contributed by atoms with Crippen molar-refractivity contribution in [1.82, 2.24) is 10.2 Å². The first-order valence-electron chi connectivity index (χ1n) is 5.16. The molecule has 0 radical (unpaired) electrons. The topological polar surface area (TPSA) is 75.4 Å². The van der Waals surface area contributed by atoms with Crippen LogP contribution in [0.25, 0.3) is 0 Å². The zero-order valence-electron chi connectivity index (χ0n) is 9.27. The average molecular weight is 267 g/mol. The van der Waals surface area contributed by atoms with Crippen molar-refractivity contribution in [2.75, 3.05) is 6.54 Å². The number of carbonyl (C=O) groups excluding carboxylic acids is 2. The highest BCUT2D eigenvalue weighted by molar-refractivity contribution is 7.80. The number of urea groups is 1. The molecule has 1 saturated heterocycles. The van der Waals surface area contributed by atoms with Crippen molar-refractivity contribution >= 4 is 29.1 Å². The SMILES string of the molecule is NC(=S)c1cccc(CN2C(=O)CNC2=O)c1F. The number of amides is 3. The van der Waals surface area contributed by atoms with Crippen molar-refractivity contribution in [1.29, 1.82) is 0 Å². The highest BCUT2D eigenvalue weighted by Crippen LogP contribution is 2.16. The van der Waals surface area contributed by atoms with Gasteiger partial charge in [-0.3, -0.25) is 9.69 Å². The number of hydrogen-bond donors (Lipinski definition) is 2. The zero-order chi connectivity index (χ0) is 13.3. The van der Waals surface area contributed by atoms with Crippen molar-refractivity contribution in [3.05, 3.63) is 35.1 Å². The number of nitrogens with two attached hydrogens (primary N) is 1. The van der Waals surface area contributed by atoms with Crippen LogP contribution in [0.4, 0.5) is 9.18 Å². The summed E-state index contributed by atoms with van der Waals surface area (Å²) in [5.74, 6) is -0.988. The maximum Gasteiger partial charge on any atom is 0.324 e. The van der Waals surface area contributed by atoms with Gasteiger partial charge in [-0.1, -0.05) is 24.4 Å². The molecule has 2 rings (SSSR count). The van der Waals surface area contributed by atoms with Crippen LogP contribution < -0.4 is 11.1 Å². The molecule has 0 spiro atoms. The Morgan fingerprint density at radius 1 is 1.50 bits per heavy atom. The van der Waals surface area contributed by atoms with E-state index in [-0.39, 0.29) is 35.1 Å². The Morgan fingerprint density at radius 2 is 2.22 bits per heavy atom. The second-order valence-electron chi connectivity index (χ2n) is 3.78. The van der Waals surface area contributed by atoms with Gasteiger partial charge < -0.3 is 11.1 Å². The second-order valence-corrected chi connectivity index (χ2v) is 4.22. The molecule has 0 unspecified atom stereocenters. The number of thiocarbonyl (C=S) groups is 1. The third kappa shape index (κ3) is 2.17. The lowest BCUT2D eigenvalue weighted by Crippen LogP contribution is -2.31. The van der Waals surface area contributed by atoms with Gasteiger partial charge in [0.1, 0.15) is 10.8 Å². The van der Waals surface area contributed by atoms with E-state index in [2.05, 4.69) is 5.32 Å². The first-order chi connectivity index (χ1) is 8.50. The summed E-state index contributed by atoms with van der Waals surface area (Å²) in [7, 11) is 0. The van der Waals surface area contributed by atoms with E-state index in [9.17, 15) is 14.0 Å². The highest BCUT2D eigenvalue weighted by atomic mass is 32.1. The Labute approximate surface area is 108 Å². The van der Waals surface area contributed by atoms with Crippen LogP contribution in [0.5, 0.6) is 0 Å². The number of hydrogen-bond acceptors (Lipinski definition) is 3. The highest BCUT2D eigenvalue weighted by Gasteiger charge is 2.29. The largest absolute Gasteiger partial charge is 0.389 e. The molecule has 1 aromatic rings. The molecule has 1 aliphatic heterocycles. The predicted molar refractivity (Wildman–Crippen MR) is 66.2 cm³/mol. The molecule has 0 aromatic heterocycles. The smallest absolute Gasteiger partial charge is 0.324 e. The monoisotopic (exact) mass is 267 g/mol. The Kier molecular flexibility index (Phi) is 3.24. The lowest BCUT2D eigenvalue weighted by atomic mass is 10.1. The predicted octanol–water partition coefficient (Wildman–Crippen LogP) is 0.512. The van der Waals surface area contributed by atoms with Crippen LogP contribution in [0.3, 0.4) is 0 Å². The van der Waals surface area contributed by atoms with Gasteiger partial charge in [0.05, 0.1) is 13.1 Å². The fraction of sp³-hybridized carbons (Fsp3) is 0.182. The van der Waals surface area contributed by atoms with Crippen LogP contribution >= 0.6 is 12.2 Å². The van der Waals surface area contributed by atoms with Crippen molar-refractivity contribution in [2.45, 2.75) is 6.54 Å². The summed E-state index contributed by atoms with van der Waals surface area (Å²) in [6.45, 7) is -0.192. The van der Waals surface area contributed by atoms with Gasteiger partial charge in [0.25, 0.3) is 0 Å². The average Bonchev–Trinajstić information content (AvgIpc) is 2.63. The van der Waals surface area contributed by atoms with Crippen LogP contribution in [0, 0.1) is 5.82 Å². The van der Waals surface area contributed by atoms with Crippen LogP contribution in [-0.4, -0.2) is 28.4 Å². The number of benzene rings is 1. The van der Waals surface area contributed by atoms with E-state index in [1.54, 1.807) is 6.07 Å². The van der Waals surface area contributed by atoms with Gasteiger partial charge in [-0.15, -0.1) is 0 Å². The van der Waals surface area contributed by atoms with E-state index in [0.717, 1.165) is 4.90 Å². The molecule has 7 heteroatoms. The van der Waals surface area contributed by atoms with E-state index in [1.807, 2.05) is 0 Å². The molecule has 3 amide bonds. The van der Waals surface area contributed by atoms with E-state index < -0.39 is 11.8 Å². The summed E-state index contributed by atoms with van der Waals surface area (Å²) in [4.78, 5) is 23.6. The molecule has 5 nitrogen and oxygen atoms in total. The molecule has 1 heterocycles. The van der Waals surface area contributed by atoms with Gasteiger partial charge in [-0.25, -0.2) is 9.18 Å². The minimum absolute atomic E-state index is 0.0601. The molecular formula is C11H10FN3O2S. The van der Waals surface area contributed by atoms with Crippen LogP contribution in [0.2, 0.25) is 0 Å².